The van der Waals surface area contributed by atoms with Crippen LogP contribution in [0.5, 0.6) is 0 Å². The van der Waals surface area contributed by atoms with Crippen LogP contribution in [-0.4, -0.2) is 18.9 Å². The first-order chi connectivity index (χ1) is 22.8. The lowest BCUT2D eigenvalue weighted by Gasteiger charge is -2.09. The van der Waals surface area contributed by atoms with E-state index in [-0.39, 0.29) is 0 Å². The summed E-state index contributed by atoms with van der Waals surface area (Å²) in [7, 11) is 0. The Hall–Kier alpha value is -6.26. The predicted octanol–water partition coefficient (Wildman–Crippen LogP) is 10.7. The van der Waals surface area contributed by atoms with Crippen LogP contribution in [0.1, 0.15) is 0 Å². The molecule has 0 aliphatic rings. The average Bonchev–Trinajstić information content (AvgIpc) is 3.74. The molecule has 0 fully saturated rings. The van der Waals surface area contributed by atoms with Gasteiger partial charge in [0.15, 0.2) is 5.65 Å². The molecule has 0 amide bonds. The molecule has 0 N–H and O–H groups in total. The molecular formula is C42H24N4. The normalized spacial score (nSPS) is 12.3. The molecule has 11 aromatic rings. The highest BCUT2D eigenvalue weighted by atomic mass is 15.0. The molecule has 4 heteroatoms. The molecule has 0 spiro atoms. The Labute approximate surface area is 262 Å². The van der Waals surface area contributed by atoms with Gasteiger partial charge in [-0.25, -0.2) is 9.97 Å². The fourth-order valence-corrected chi connectivity index (χ4v) is 7.73. The topological polar surface area (TPSA) is 35.1 Å². The number of aromatic nitrogens is 4. The molecule has 0 aliphatic heterocycles. The molecule has 11 rings (SSSR count). The van der Waals surface area contributed by atoms with Crippen molar-refractivity contribution < 1.29 is 0 Å². The minimum Gasteiger partial charge on any atom is -0.309 e. The molecule has 0 saturated heterocycles. The third-order valence-corrected chi connectivity index (χ3v) is 9.78. The second-order valence-corrected chi connectivity index (χ2v) is 12.3. The van der Waals surface area contributed by atoms with Gasteiger partial charge in [0.1, 0.15) is 5.52 Å². The predicted molar refractivity (Wildman–Crippen MR) is 191 cm³/mol. The molecule has 0 saturated carbocycles. The standard InChI is InChI=1S/C42H24N4/c1-2-9-29(10-3-1)45-37-16-7-4-11-30(37)33-23-28-21-25(17-18-27(28)24-39(33)45)26-19-20-38-34(22-26)31-12-8-13-32-40-42(46(38)41(31)32)44-36-15-6-5-14-35(36)43-40/h1-24H. The molecular weight excluding hydrogens is 560 g/mol. The quantitative estimate of drug-likeness (QED) is 0.203. The summed E-state index contributed by atoms with van der Waals surface area (Å²) in [5, 5.41) is 8.62. The largest absolute Gasteiger partial charge is 0.309 e. The maximum atomic E-state index is 5.10. The fourth-order valence-electron chi connectivity index (χ4n) is 7.73. The summed E-state index contributed by atoms with van der Waals surface area (Å²) >= 11 is 0. The van der Waals surface area contributed by atoms with Gasteiger partial charge in [0.05, 0.1) is 33.1 Å². The minimum absolute atomic E-state index is 0.914. The van der Waals surface area contributed by atoms with Crippen LogP contribution in [-0.2, 0) is 0 Å². The van der Waals surface area contributed by atoms with Gasteiger partial charge in [-0.3, -0.25) is 4.40 Å². The van der Waals surface area contributed by atoms with Crippen molar-refractivity contribution in [2.24, 2.45) is 0 Å². The van der Waals surface area contributed by atoms with Gasteiger partial charge in [-0.15, -0.1) is 0 Å². The van der Waals surface area contributed by atoms with E-state index in [9.17, 15) is 0 Å². The lowest BCUT2D eigenvalue weighted by atomic mass is 9.98. The molecule has 7 aromatic carbocycles. The van der Waals surface area contributed by atoms with E-state index in [0.29, 0.717) is 0 Å². The van der Waals surface area contributed by atoms with Crippen LogP contribution in [0.25, 0.3) is 98.8 Å². The van der Waals surface area contributed by atoms with Crippen LogP contribution in [0.3, 0.4) is 0 Å². The van der Waals surface area contributed by atoms with Gasteiger partial charge >= 0.3 is 0 Å². The first kappa shape index (κ1) is 24.1. The second-order valence-electron chi connectivity index (χ2n) is 12.3. The second kappa shape index (κ2) is 8.68. The lowest BCUT2D eigenvalue weighted by Crippen LogP contribution is -1.92. The molecule has 0 unspecified atom stereocenters. The molecule has 0 radical (unpaired) electrons. The van der Waals surface area contributed by atoms with Crippen molar-refractivity contribution in [2.75, 3.05) is 0 Å². The summed E-state index contributed by atoms with van der Waals surface area (Å²) in [5.74, 6) is 0. The molecule has 212 valence electrons. The molecule has 0 aliphatic carbocycles. The highest BCUT2D eigenvalue weighted by Crippen LogP contribution is 2.41. The van der Waals surface area contributed by atoms with Crippen molar-refractivity contribution in [2.45, 2.75) is 0 Å². The third kappa shape index (κ3) is 3.12. The number of nitrogens with zero attached hydrogens (tertiary/aromatic N) is 4. The van der Waals surface area contributed by atoms with Gasteiger partial charge in [0.2, 0.25) is 0 Å². The fraction of sp³-hybridized carbons (Fsp3) is 0. The van der Waals surface area contributed by atoms with Crippen LogP contribution >= 0.6 is 0 Å². The van der Waals surface area contributed by atoms with Crippen molar-refractivity contribution in [3.63, 3.8) is 0 Å². The van der Waals surface area contributed by atoms with Gasteiger partial charge < -0.3 is 4.57 Å². The Bertz CT molecular complexity index is 3020. The van der Waals surface area contributed by atoms with Crippen LogP contribution < -0.4 is 0 Å². The summed E-state index contributed by atoms with van der Waals surface area (Å²) in [6.07, 6.45) is 0. The Kier molecular flexibility index (Phi) is 4.55. The SMILES string of the molecule is c1ccc(-n2c3ccccc3c3cc4cc(-c5ccc6c(c5)c5cccc7c8nc9ccccc9nc8n6c57)ccc4cc32)cc1. The van der Waals surface area contributed by atoms with E-state index in [0.717, 1.165) is 33.1 Å². The molecule has 0 atom stereocenters. The van der Waals surface area contributed by atoms with Crippen LogP contribution in [0, 0.1) is 0 Å². The zero-order chi connectivity index (χ0) is 29.9. The van der Waals surface area contributed by atoms with Crippen molar-refractivity contribution in [3.8, 4) is 16.8 Å². The maximum Gasteiger partial charge on any atom is 0.165 e. The van der Waals surface area contributed by atoms with Crippen LogP contribution in [0.4, 0.5) is 0 Å². The Balaban J connectivity index is 1.13. The highest BCUT2D eigenvalue weighted by molar-refractivity contribution is 6.23. The van der Waals surface area contributed by atoms with E-state index in [1.165, 1.54) is 65.7 Å². The van der Waals surface area contributed by atoms with Gasteiger partial charge in [-0.2, -0.15) is 0 Å². The number of para-hydroxylation sites is 5. The summed E-state index contributed by atoms with van der Waals surface area (Å²) in [5.41, 5.74) is 12.1. The number of rotatable bonds is 2. The monoisotopic (exact) mass is 584 g/mol. The molecule has 46 heavy (non-hydrogen) atoms. The van der Waals surface area contributed by atoms with Crippen LogP contribution in [0.15, 0.2) is 146 Å². The molecule has 4 heterocycles. The Morgan fingerprint density at radius 3 is 2.04 bits per heavy atom. The third-order valence-electron chi connectivity index (χ3n) is 9.78. The van der Waals surface area contributed by atoms with E-state index >= 15 is 0 Å². The zero-order valence-electron chi connectivity index (χ0n) is 24.6. The van der Waals surface area contributed by atoms with E-state index in [1.54, 1.807) is 0 Å². The van der Waals surface area contributed by atoms with Gasteiger partial charge in [0.25, 0.3) is 0 Å². The number of fused-ring (bicyclic) bond motifs is 11. The van der Waals surface area contributed by atoms with Gasteiger partial charge in [-0.1, -0.05) is 84.9 Å². The van der Waals surface area contributed by atoms with Crippen molar-refractivity contribution in [1.82, 2.24) is 18.9 Å². The van der Waals surface area contributed by atoms with E-state index < -0.39 is 0 Å². The van der Waals surface area contributed by atoms with Crippen molar-refractivity contribution in [1.29, 1.82) is 0 Å². The van der Waals surface area contributed by atoms with E-state index in [2.05, 4.69) is 130 Å². The van der Waals surface area contributed by atoms with E-state index in [1.807, 2.05) is 24.3 Å². The average molecular weight is 585 g/mol. The smallest absolute Gasteiger partial charge is 0.165 e. The summed E-state index contributed by atoms with van der Waals surface area (Å²) < 4.78 is 4.68. The summed E-state index contributed by atoms with van der Waals surface area (Å²) in [4.78, 5) is 10.1. The molecule has 4 aromatic heterocycles. The van der Waals surface area contributed by atoms with Crippen LogP contribution in [0.2, 0.25) is 0 Å². The number of hydrogen-bond acceptors (Lipinski definition) is 2. The van der Waals surface area contributed by atoms with Crippen molar-refractivity contribution >= 4 is 82.0 Å². The zero-order valence-corrected chi connectivity index (χ0v) is 24.6. The van der Waals surface area contributed by atoms with Gasteiger partial charge in [0, 0.05) is 32.6 Å². The highest BCUT2D eigenvalue weighted by Gasteiger charge is 2.20. The summed E-state index contributed by atoms with van der Waals surface area (Å²) in [6.45, 7) is 0. The first-order valence-electron chi connectivity index (χ1n) is 15.7. The minimum atomic E-state index is 0.914. The van der Waals surface area contributed by atoms with E-state index in [4.69, 9.17) is 9.97 Å². The first-order valence-corrected chi connectivity index (χ1v) is 15.7. The Morgan fingerprint density at radius 2 is 1.13 bits per heavy atom. The maximum absolute atomic E-state index is 5.10. The molecule has 4 nitrogen and oxygen atoms in total. The van der Waals surface area contributed by atoms with Crippen molar-refractivity contribution in [3.05, 3.63) is 146 Å². The van der Waals surface area contributed by atoms with Gasteiger partial charge in [-0.05, 0) is 82.6 Å². The lowest BCUT2D eigenvalue weighted by molar-refractivity contribution is 1.18. The Morgan fingerprint density at radius 1 is 0.413 bits per heavy atom. The number of hydrogen-bond donors (Lipinski definition) is 0. The molecule has 0 bridgehead atoms. The number of benzene rings is 7. The summed E-state index contributed by atoms with van der Waals surface area (Å²) in [6, 6.07) is 52.5.